The number of thioether (sulfide) groups is 1. The van der Waals surface area contributed by atoms with Gasteiger partial charge in [0, 0.05) is 21.5 Å². The lowest BCUT2D eigenvalue weighted by atomic mass is 10.00. The van der Waals surface area contributed by atoms with Crippen LogP contribution in [0.4, 0.5) is 20.2 Å². The molecule has 0 aliphatic heterocycles. The molecule has 0 heterocycles. The number of rotatable bonds is 7. The lowest BCUT2D eigenvalue weighted by Gasteiger charge is -2.19. The summed E-state index contributed by atoms with van der Waals surface area (Å²) in [5.41, 5.74) is 0.290. The number of nitrogens with one attached hydrogen (secondary N) is 2. The fourth-order valence-corrected chi connectivity index (χ4v) is 4.07. The summed E-state index contributed by atoms with van der Waals surface area (Å²) in [4.78, 5) is 13.5. The third kappa shape index (κ3) is 5.06. The Morgan fingerprint density at radius 3 is 2.61 bits per heavy atom. The minimum atomic E-state index is -1.49. The van der Waals surface area contributed by atoms with E-state index in [0.717, 1.165) is 17.7 Å². The van der Waals surface area contributed by atoms with E-state index < -0.39 is 5.67 Å². The number of hydrogen-bond acceptors (Lipinski definition) is 3. The number of halogens is 3. The van der Waals surface area contributed by atoms with E-state index in [9.17, 15) is 13.6 Å². The fourth-order valence-electron chi connectivity index (χ4n) is 2.77. The second-order valence-corrected chi connectivity index (χ2v) is 9.18. The Morgan fingerprint density at radius 1 is 1.29 bits per heavy atom. The molecule has 7 heteroatoms. The van der Waals surface area contributed by atoms with Crippen molar-refractivity contribution >= 4 is 45.0 Å². The van der Waals surface area contributed by atoms with Crippen LogP contribution in [-0.2, 0) is 5.67 Å². The van der Waals surface area contributed by atoms with Gasteiger partial charge in [0.25, 0.3) is 5.91 Å². The zero-order valence-electron chi connectivity index (χ0n) is 16.0. The first-order valence-corrected chi connectivity index (χ1v) is 11.1. The van der Waals surface area contributed by atoms with E-state index in [-0.39, 0.29) is 11.7 Å². The van der Waals surface area contributed by atoms with Crippen molar-refractivity contribution in [2.75, 3.05) is 23.4 Å². The van der Waals surface area contributed by atoms with Gasteiger partial charge in [-0.25, -0.2) is 8.78 Å². The molecule has 0 saturated heterocycles. The summed E-state index contributed by atoms with van der Waals surface area (Å²) in [6, 6.07) is 7.68. The van der Waals surface area contributed by atoms with Gasteiger partial charge < -0.3 is 10.6 Å². The van der Waals surface area contributed by atoms with Gasteiger partial charge in [0.05, 0.1) is 11.4 Å². The van der Waals surface area contributed by atoms with Gasteiger partial charge in [0.2, 0.25) is 0 Å². The number of amides is 1. The first-order chi connectivity index (χ1) is 13.2. The Hall–Kier alpha value is -1.60. The van der Waals surface area contributed by atoms with Crippen molar-refractivity contribution < 1.29 is 13.6 Å². The summed E-state index contributed by atoms with van der Waals surface area (Å²) in [6.45, 7) is 3.70. The Morgan fingerprint density at radius 2 is 2.00 bits per heavy atom. The maximum absolute atomic E-state index is 14.3. The van der Waals surface area contributed by atoms with Crippen molar-refractivity contribution in [3.8, 4) is 0 Å². The molecule has 2 aromatic carbocycles. The molecule has 1 saturated carbocycles. The van der Waals surface area contributed by atoms with E-state index in [1.54, 1.807) is 12.1 Å². The minimum absolute atomic E-state index is 0.332. The molecule has 3 nitrogen and oxygen atoms in total. The average molecular weight is 469 g/mol. The molecule has 0 bridgehead atoms. The highest BCUT2D eigenvalue weighted by atomic mass is 79.9. The van der Waals surface area contributed by atoms with Crippen LogP contribution in [0.2, 0.25) is 0 Å². The Bertz CT molecular complexity index is 895. The summed E-state index contributed by atoms with van der Waals surface area (Å²) in [5.74, 6) is -0.134. The van der Waals surface area contributed by atoms with Crippen LogP contribution in [0.3, 0.4) is 0 Å². The quantitative estimate of drug-likeness (QED) is 0.450. The molecule has 1 fully saturated rings. The molecule has 2 N–H and O–H groups in total. The summed E-state index contributed by atoms with van der Waals surface area (Å²) in [5, 5.41) is 5.95. The van der Waals surface area contributed by atoms with Gasteiger partial charge in [-0.3, -0.25) is 4.79 Å². The smallest absolute Gasteiger partial charge is 0.255 e. The SMILES string of the molecule is CSc1cc(C(C)(C)F)cc(Br)c1NC(=O)c1ccc(F)c(NCC2CC2)c1. The van der Waals surface area contributed by atoms with E-state index in [2.05, 4.69) is 26.6 Å². The molecule has 0 radical (unpaired) electrons. The van der Waals surface area contributed by atoms with Crippen LogP contribution >= 0.6 is 27.7 Å². The third-order valence-corrected chi connectivity index (χ3v) is 6.09. The molecule has 0 atom stereocenters. The zero-order valence-corrected chi connectivity index (χ0v) is 18.4. The van der Waals surface area contributed by atoms with Crippen molar-refractivity contribution in [2.45, 2.75) is 37.3 Å². The van der Waals surface area contributed by atoms with Crippen LogP contribution in [0.25, 0.3) is 0 Å². The van der Waals surface area contributed by atoms with Gasteiger partial charge in [-0.1, -0.05) is 0 Å². The molecular formula is C21H23BrF2N2OS. The molecule has 0 unspecified atom stereocenters. The maximum Gasteiger partial charge on any atom is 0.255 e. The van der Waals surface area contributed by atoms with Gasteiger partial charge >= 0.3 is 0 Å². The number of anilines is 2. The molecule has 3 rings (SSSR count). The number of hydrogen-bond donors (Lipinski definition) is 2. The number of alkyl halides is 1. The van der Waals surface area contributed by atoms with Crippen molar-refractivity contribution in [1.82, 2.24) is 0 Å². The van der Waals surface area contributed by atoms with Crippen LogP contribution in [0, 0.1) is 11.7 Å². The molecule has 150 valence electrons. The van der Waals surface area contributed by atoms with Crippen molar-refractivity contribution in [3.63, 3.8) is 0 Å². The first kappa shape index (κ1) is 21.1. The predicted molar refractivity (Wildman–Crippen MR) is 116 cm³/mol. The highest BCUT2D eigenvalue weighted by molar-refractivity contribution is 9.10. The number of carbonyl (C=O) groups excluding carboxylic acids is 1. The molecule has 28 heavy (non-hydrogen) atoms. The minimum Gasteiger partial charge on any atom is -0.382 e. The second-order valence-electron chi connectivity index (χ2n) is 7.48. The zero-order chi connectivity index (χ0) is 20.5. The van der Waals surface area contributed by atoms with Crippen LogP contribution in [0.5, 0.6) is 0 Å². The van der Waals surface area contributed by atoms with Crippen molar-refractivity contribution in [3.05, 3.63) is 51.7 Å². The van der Waals surface area contributed by atoms with Gasteiger partial charge in [0.15, 0.2) is 0 Å². The Kier molecular flexibility index (Phi) is 6.34. The molecule has 1 amide bonds. The molecule has 1 aliphatic rings. The van der Waals surface area contributed by atoms with Gasteiger partial charge in [-0.05, 0) is 90.7 Å². The Balaban J connectivity index is 1.83. The molecule has 0 spiro atoms. The average Bonchev–Trinajstić information content (AvgIpc) is 3.45. The largest absolute Gasteiger partial charge is 0.382 e. The summed E-state index contributed by atoms with van der Waals surface area (Å²) >= 11 is 4.86. The lowest BCUT2D eigenvalue weighted by molar-refractivity contribution is 0.102. The predicted octanol–water partition coefficient (Wildman–Crippen LogP) is 6.59. The van der Waals surface area contributed by atoms with Crippen LogP contribution in [0.1, 0.15) is 42.6 Å². The van der Waals surface area contributed by atoms with Crippen LogP contribution in [0.15, 0.2) is 39.7 Å². The number of carbonyl (C=O) groups is 1. The van der Waals surface area contributed by atoms with Gasteiger partial charge in [-0.15, -0.1) is 11.8 Å². The first-order valence-electron chi connectivity index (χ1n) is 9.10. The second kappa shape index (κ2) is 8.41. The Labute approximate surface area is 176 Å². The van der Waals surface area contributed by atoms with Crippen molar-refractivity contribution in [1.29, 1.82) is 0 Å². The standard InChI is InChI=1S/C21H23BrF2N2OS/c1-21(2,24)14-9-15(22)19(18(10-14)28-3)26-20(27)13-6-7-16(23)17(8-13)25-11-12-4-5-12/h6-10,12,25H,4-5,11H2,1-3H3,(H,26,27). The molecule has 0 aromatic heterocycles. The topological polar surface area (TPSA) is 41.1 Å². The summed E-state index contributed by atoms with van der Waals surface area (Å²) in [7, 11) is 0. The normalized spacial score (nSPS) is 14.1. The van der Waals surface area contributed by atoms with E-state index in [1.165, 1.54) is 43.8 Å². The summed E-state index contributed by atoms with van der Waals surface area (Å²) < 4.78 is 29.0. The lowest BCUT2D eigenvalue weighted by Crippen LogP contribution is -2.15. The van der Waals surface area contributed by atoms with Crippen molar-refractivity contribution in [2.24, 2.45) is 5.92 Å². The van der Waals surface area contributed by atoms with Gasteiger partial charge in [-0.2, -0.15) is 0 Å². The number of benzene rings is 2. The molecule has 1 aliphatic carbocycles. The van der Waals surface area contributed by atoms with E-state index in [1.807, 2.05) is 6.26 Å². The maximum atomic E-state index is 14.3. The van der Waals surface area contributed by atoms with Crippen LogP contribution < -0.4 is 10.6 Å². The van der Waals surface area contributed by atoms with Gasteiger partial charge in [0.1, 0.15) is 11.5 Å². The molecule has 2 aromatic rings. The van der Waals surface area contributed by atoms with E-state index in [4.69, 9.17) is 0 Å². The van der Waals surface area contributed by atoms with Crippen LogP contribution in [-0.4, -0.2) is 18.7 Å². The molecular weight excluding hydrogens is 446 g/mol. The van der Waals surface area contributed by atoms with E-state index >= 15 is 0 Å². The third-order valence-electron chi connectivity index (χ3n) is 4.71. The summed E-state index contributed by atoms with van der Waals surface area (Å²) in [6.07, 6.45) is 4.18. The highest BCUT2D eigenvalue weighted by Gasteiger charge is 2.23. The fraction of sp³-hybridized carbons (Fsp3) is 0.381. The monoisotopic (exact) mass is 468 g/mol. The van der Waals surface area contributed by atoms with E-state index in [0.29, 0.717) is 39.4 Å². The highest BCUT2D eigenvalue weighted by Crippen LogP contribution is 2.38.